The van der Waals surface area contributed by atoms with Crippen molar-refractivity contribution < 1.29 is 9.53 Å². The molecule has 106 valence electrons. The molecule has 5 nitrogen and oxygen atoms in total. The van der Waals surface area contributed by atoms with Gasteiger partial charge in [0.1, 0.15) is 5.75 Å². The largest absolute Gasteiger partial charge is 0.495 e. The van der Waals surface area contributed by atoms with Gasteiger partial charge >= 0.3 is 0 Å². The van der Waals surface area contributed by atoms with Crippen molar-refractivity contribution in [3.63, 3.8) is 0 Å². The third-order valence-electron chi connectivity index (χ3n) is 2.97. The molecule has 0 aliphatic heterocycles. The van der Waals surface area contributed by atoms with Crippen LogP contribution in [0.5, 0.6) is 5.75 Å². The van der Waals surface area contributed by atoms with Crippen LogP contribution in [0.15, 0.2) is 30.5 Å². The van der Waals surface area contributed by atoms with Crippen molar-refractivity contribution in [2.75, 3.05) is 12.4 Å². The Morgan fingerprint density at radius 2 is 2.15 bits per heavy atom. The van der Waals surface area contributed by atoms with Crippen LogP contribution in [0.2, 0.25) is 0 Å². The van der Waals surface area contributed by atoms with Gasteiger partial charge in [-0.1, -0.05) is 6.07 Å². The number of anilines is 1. The number of hydrogen-bond acceptors (Lipinski definition) is 3. The first-order chi connectivity index (χ1) is 9.58. The molecule has 1 N–H and O–H groups in total. The number of methoxy groups -OCH3 is 1. The van der Waals surface area contributed by atoms with Gasteiger partial charge in [-0.25, -0.2) is 0 Å². The Labute approximate surface area is 118 Å². The van der Waals surface area contributed by atoms with Crippen molar-refractivity contribution in [3.05, 3.63) is 41.7 Å². The average Bonchev–Trinajstić information content (AvgIpc) is 2.83. The second kappa shape index (κ2) is 6.23. The Balaban J connectivity index is 1.96. The van der Waals surface area contributed by atoms with Gasteiger partial charge < -0.3 is 10.1 Å². The number of hydrogen-bond donors (Lipinski definition) is 1. The quantitative estimate of drug-likeness (QED) is 0.910. The summed E-state index contributed by atoms with van der Waals surface area (Å²) < 4.78 is 7.00. The van der Waals surface area contributed by atoms with E-state index in [4.69, 9.17) is 4.74 Å². The van der Waals surface area contributed by atoms with Gasteiger partial charge in [-0.2, -0.15) is 5.10 Å². The molecule has 0 bridgehead atoms. The maximum Gasteiger partial charge on any atom is 0.226 e. The highest BCUT2D eigenvalue weighted by Gasteiger charge is 2.08. The molecule has 0 aliphatic rings. The number of ether oxygens (including phenoxy) is 1. The predicted octanol–water partition coefficient (Wildman–Crippen LogP) is 2.54. The molecule has 0 aliphatic carbocycles. The fourth-order valence-corrected chi connectivity index (χ4v) is 1.94. The van der Waals surface area contributed by atoms with Crippen molar-refractivity contribution in [3.8, 4) is 5.75 Å². The zero-order valence-electron chi connectivity index (χ0n) is 12.0. The first-order valence-electron chi connectivity index (χ1n) is 6.53. The van der Waals surface area contributed by atoms with Crippen molar-refractivity contribution in [1.29, 1.82) is 0 Å². The fraction of sp³-hybridized carbons (Fsp3) is 0.333. The van der Waals surface area contributed by atoms with Crippen molar-refractivity contribution in [2.24, 2.45) is 0 Å². The summed E-state index contributed by atoms with van der Waals surface area (Å²) >= 11 is 0. The highest BCUT2D eigenvalue weighted by atomic mass is 16.5. The topological polar surface area (TPSA) is 56.1 Å². The van der Waals surface area contributed by atoms with Gasteiger partial charge in [0.25, 0.3) is 0 Å². The third kappa shape index (κ3) is 3.60. The zero-order valence-corrected chi connectivity index (χ0v) is 12.0. The molecule has 2 aromatic rings. The van der Waals surface area contributed by atoms with E-state index in [0.29, 0.717) is 24.4 Å². The van der Waals surface area contributed by atoms with E-state index in [9.17, 15) is 4.79 Å². The minimum Gasteiger partial charge on any atom is -0.495 e. The smallest absolute Gasteiger partial charge is 0.226 e. The summed E-state index contributed by atoms with van der Waals surface area (Å²) in [6.45, 7) is 4.46. The molecule has 1 aromatic heterocycles. The molecule has 0 unspecified atom stereocenters. The van der Waals surface area contributed by atoms with E-state index in [1.807, 2.05) is 44.3 Å². The first-order valence-corrected chi connectivity index (χ1v) is 6.53. The first kappa shape index (κ1) is 14.1. The third-order valence-corrected chi connectivity index (χ3v) is 2.97. The Morgan fingerprint density at radius 1 is 1.35 bits per heavy atom. The molecule has 0 atom stereocenters. The number of nitrogens with one attached hydrogen (secondary N) is 1. The Hall–Kier alpha value is -2.30. The van der Waals surface area contributed by atoms with Crippen molar-refractivity contribution in [2.45, 2.75) is 26.8 Å². The second-order valence-corrected chi connectivity index (χ2v) is 4.72. The lowest BCUT2D eigenvalue weighted by atomic mass is 10.2. The highest BCUT2D eigenvalue weighted by Crippen LogP contribution is 2.25. The van der Waals surface area contributed by atoms with Gasteiger partial charge in [0.05, 0.1) is 18.5 Å². The molecule has 0 fully saturated rings. The molecule has 1 heterocycles. The van der Waals surface area contributed by atoms with Crippen LogP contribution < -0.4 is 10.1 Å². The number of carbonyl (C=O) groups excluding carboxylic acids is 1. The summed E-state index contributed by atoms with van der Waals surface area (Å²) in [5.74, 6) is 0.612. The molecular formula is C15H19N3O2. The summed E-state index contributed by atoms with van der Waals surface area (Å²) in [5.41, 5.74) is 2.73. The summed E-state index contributed by atoms with van der Waals surface area (Å²) in [7, 11) is 1.59. The van der Waals surface area contributed by atoms with Crippen LogP contribution in [0.4, 0.5) is 5.69 Å². The van der Waals surface area contributed by atoms with Crippen LogP contribution in [0, 0.1) is 13.8 Å². The van der Waals surface area contributed by atoms with Crippen LogP contribution in [-0.4, -0.2) is 22.8 Å². The molecule has 0 spiro atoms. The van der Waals surface area contributed by atoms with E-state index in [1.54, 1.807) is 11.8 Å². The lowest BCUT2D eigenvalue weighted by Gasteiger charge is -2.11. The normalized spacial score (nSPS) is 10.3. The molecular weight excluding hydrogens is 254 g/mol. The number of carbonyl (C=O) groups is 1. The lowest BCUT2D eigenvalue weighted by molar-refractivity contribution is -0.116. The molecule has 1 amide bonds. The number of amides is 1. The average molecular weight is 273 g/mol. The summed E-state index contributed by atoms with van der Waals surface area (Å²) in [4.78, 5) is 12.0. The summed E-state index contributed by atoms with van der Waals surface area (Å²) in [6.07, 6.45) is 2.24. The molecule has 5 heteroatoms. The molecule has 0 radical (unpaired) electrons. The molecule has 0 saturated heterocycles. The Bertz CT molecular complexity index is 605. The van der Waals surface area contributed by atoms with Crippen LogP contribution in [0.1, 0.15) is 17.7 Å². The number of rotatable bonds is 5. The van der Waals surface area contributed by atoms with Gasteiger partial charge in [0.15, 0.2) is 0 Å². The van der Waals surface area contributed by atoms with E-state index >= 15 is 0 Å². The van der Waals surface area contributed by atoms with Crippen molar-refractivity contribution in [1.82, 2.24) is 9.78 Å². The van der Waals surface area contributed by atoms with Crippen molar-refractivity contribution >= 4 is 11.6 Å². The van der Waals surface area contributed by atoms with E-state index in [1.165, 1.54) is 0 Å². The van der Waals surface area contributed by atoms with Gasteiger partial charge in [0.2, 0.25) is 5.91 Å². The molecule has 20 heavy (non-hydrogen) atoms. The van der Waals surface area contributed by atoms with Crippen LogP contribution in [0.25, 0.3) is 0 Å². The number of aromatic nitrogens is 2. The molecule has 2 rings (SSSR count). The second-order valence-electron chi connectivity index (χ2n) is 4.72. The van der Waals surface area contributed by atoms with Crippen LogP contribution in [-0.2, 0) is 11.3 Å². The van der Waals surface area contributed by atoms with E-state index in [2.05, 4.69) is 10.4 Å². The standard InChI is InChI=1S/C15H19N3O2/c1-11-4-5-14(20-3)13(10-11)16-15(19)7-9-18-8-6-12(2)17-18/h4-6,8,10H,7,9H2,1-3H3,(H,16,19). The van der Waals surface area contributed by atoms with Gasteiger partial charge in [-0.3, -0.25) is 9.48 Å². The predicted molar refractivity (Wildman–Crippen MR) is 77.9 cm³/mol. The lowest BCUT2D eigenvalue weighted by Crippen LogP contribution is -2.15. The summed E-state index contributed by atoms with van der Waals surface area (Å²) in [6, 6.07) is 7.61. The zero-order chi connectivity index (χ0) is 14.5. The maximum atomic E-state index is 12.0. The number of aryl methyl sites for hydroxylation is 3. The van der Waals surface area contributed by atoms with E-state index in [0.717, 1.165) is 11.3 Å². The van der Waals surface area contributed by atoms with Crippen LogP contribution in [0.3, 0.4) is 0 Å². The molecule has 0 saturated carbocycles. The van der Waals surface area contributed by atoms with Gasteiger partial charge in [-0.05, 0) is 37.6 Å². The molecule has 1 aromatic carbocycles. The van der Waals surface area contributed by atoms with E-state index < -0.39 is 0 Å². The van der Waals surface area contributed by atoms with Gasteiger partial charge in [0, 0.05) is 19.2 Å². The Morgan fingerprint density at radius 3 is 2.80 bits per heavy atom. The minimum atomic E-state index is -0.0537. The van der Waals surface area contributed by atoms with Crippen LogP contribution >= 0.6 is 0 Å². The van der Waals surface area contributed by atoms with Gasteiger partial charge in [-0.15, -0.1) is 0 Å². The highest BCUT2D eigenvalue weighted by molar-refractivity contribution is 5.92. The number of benzene rings is 1. The summed E-state index contributed by atoms with van der Waals surface area (Å²) in [5, 5.41) is 7.12. The monoisotopic (exact) mass is 273 g/mol. The fourth-order valence-electron chi connectivity index (χ4n) is 1.94. The minimum absolute atomic E-state index is 0.0537. The SMILES string of the molecule is COc1ccc(C)cc1NC(=O)CCn1ccc(C)n1. The van der Waals surface area contributed by atoms with E-state index in [-0.39, 0.29) is 5.91 Å². The Kier molecular flexibility index (Phi) is 4.40. The number of nitrogens with zero attached hydrogens (tertiary/aromatic N) is 2. The maximum absolute atomic E-state index is 12.0.